The fourth-order valence-corrected chi connectivity index (χ4v) is 2.93. The molecule has 0 bridgehead atoms. The molecule has 1 aliphatic rings. The predicted molar refractivity (Wildman–Crippen MR) is 91.1 cm³/mol. The van der Waals surface area contributed by atoms with Gasteiger partial charge in [-0.1, -0.05) is 6.92 Å². The van der Waals surface area contributed by atoms with Crippen molar-refractivity contribution in [3.05, 3.63) is 47.8 Å². The van der Waals surface area contributed by atoms with Crippen LogP contribution in [0.5, 0.6) is 0 Å². The quantitative estimate of drug-likeness (QED) is 0.890. The third kappa shape index (κ3) is 4.30. The topological polar surface area (TPSA) is 58.1 Å². The second-order valence-electron chi connectivity index (χ2n) is 6.49. The van der Waals surface area contributed by atoms with Crippen LogP contribution in [0.1, 0.15) is 35.7 Å². The van der Waals surface area contributed by atoms with Crippen LogP contribution < -0.4 is 5.32 Å². The van der Waals surface area contributed by atoms with E-state index < -0.39 is 11.7 Å². The van der Waals surface area contributed by atoms with E-state index in [0.717, 1.165) is 38.1 Å². The van der Waals surface area contributed by atoms with Gasteiger partial charge in [0, 0.05) is 31.2 Å². The molecule has 1 fully saturated rings. The molecule has 2 heterocycles. The molecule has 5 nitrogen and oxygen atoms in total. The van der Waals surface area contributed by atoms with Gasteiger partial charge in [0.15, 0.2) is 0 Å². The van der Waals surface area contributed by atoms with Crippen LogP contribution in [-0.2, 0) is 6.18 Å². The van der Waals surface area contributed by atoms with Crippen molar-refractivity contribution in [2.24, 2.45) is 5.92 Å². The molecule has 1 unspecified atom stereocenters. The van der Waals surface area contributed by atoms with Gasteiger partial charge in [0.2, 0.25) is 5.95 Å². The number of hydrogen-bond acceptors (Lipinski definition) is 4. The van der Waals surface area contributed by atoms with E-state index in [2.05, 4.69) is 22.2 Å². The first-order valence-electron chi connectivity index (χ1n) is 8.38. The number of hydrogen-bond donors (Lipinski definition) is 1. The van der Waals surface area contributed by atoms with Gasteiger partial charge < -0.3 is 10.2 Å². The molecule has 1 atom stereocenters. The summed E-state index contributed by atoms with van der Waals surface area (Å²) in [5, 5.41) is 2.82. The molecule has 1 saturated heterocycles. The zero-order valence-corrected chi connectivity index (χ0v) is 14.3. The number of nitrogens with one attached hydrogen (secondary N) is 1. The molecule has 0 saturated carbocycles. The molecule has 0 radical (unpaired) electrons. The summed E-state index contributed by atoms with van der Waals surface area (Å²) in [6.07, 6.45) is 0.600. The van der Waals surface area contributed by atoms with Gasteiger partial charge in [-0.2, -0.15) is 13.2 Å². The summed E-state index contributed by atoms with van der Waals surface area (Å²) in [6, 6.07) is 4.58. The molecular weight excluding hydrogens is 345 g/mol. The minimum absolute atomic E-state index is 0.0994. The largest absolute Gasteiger partial charge is 0.416 e. The van der Waals surface area contributed by atoms with Crippen molar-refractivity contribution < 1.29 is 18.0 Å². The molecule has 1 N–H and O–H groups in total. The normalized spacial score (nSPS) is 17.8. The lowest BCUT2D eigenvalue weighted by molar-refractivity contribution is -0.137. The second-order valence-corrected chi connectivity index (χ2v) is 6.49. The summed E-state index contributed by atoms with van der Waals surface area (Å²) in [6.45, 7) is 3.58. The standard InChI is InChI=1S/C18H19F3N4O/c1-12-3-2-8-25(11-12)16(26)13-9-22-17(23-10-13)24-15-6-4-14(5-7-15)18(19,20)21/h4-7,9-10,12H,2-3,8,11H2,1H3,(H,22,23,24). The Bertz CT molecular complexity index is 760. The van der Waals surface area contributed by atoms with E-state index >= 15 is 0 Å². The number of halogens is 3. The molecule has 3 rings (SSSR count). The van der Waals surface area contributed by atoms with E-state index in [1.54, 1.807) is 4.90 Å². The Morgan fingerprint density at radius 1 is 1.19 bits per heavy atom. The van der Waals surface area contributed by atoms with E-state index in [-0.39, 0.29) is 11.9 Å². The number of aromatic nitrogens is 2. The molecule has 1 aliphatic heterocycles. The van der Waals surface area contributed by atoms with Gasteiger partial charge in [-0.25, -0.2) is 9.97 Å². The number of anilines is 2. The Morgan fingerprint density at radius 3 is 2.42 bits per heavy atom. The van der Waals surface area contributed by atoms with Crippen molar-refractivity contribution in [1.29, 1.82) is 0 Å². The Balaban J connectivity index is 1.65. The first-order valence-corrected chi connectivity index (χ1v) is 8.38. The number of rotatable bonds is 3. The van der Waals surface area contributed by atoms with Crippen molar-refractivity contribution >= 4 is 17.5 Å². The second kappa shape index (κ2) is 7.31. The van der Waals surface area contributed by atoms with Crippen LogP contribution in [0.25, 0.3) is 0 Å². The van der Waals surface area contributed by atoms with E-state index in [1.807, 2.05) is 0 Å². The molecule has 26 heavy (non-hydrogen) atoms. The molecule has 1 aromatic heterocycles. The van der Waals surface area contributed by atoms with Gasteiger partial charge in [-0.3, -0.25) is 4.79 Å². The number of carbonyl (C=O) groups is 1. The Kier molecular flexibility index (Phi) is 5.11. The van der Waals surface area contributed by atoms with Crippen LogP contribution in [0.3, 0.4) is 0 Å². The lowest BCUT2D eigenvalue weighted by Crippen LogP contribution is -2.39. The molecular formula is C18H19F3N4O. The maximum atomic E-state index is 12.6. The van der Waals surface area contributed by atoms with Crippen LogP contribution in [0.2, 0.25) is 0 Å². The van der Waals surface area contributed by atoms with E-state index in [9.17, 15) is 18.0 Å². The number of likely N-dealkylation sites (tertiary alicyclic amines) is 1. The maximum Gasteiger partial charge on any atom is 0.416 e. The van der Waals surface area contributed by atoms with Crippen molar-refractivity contribution in [1.82, 2.24) is 14.9 Å². The number of piperidine rings is 1. The van der Waals surface area contributed by atoms with Gasteiger partial charge >= 0.3 is 6.18 Å². The zero-order chi connectivity index (χ0) is 18.7. The fraction of sp³-hybridized carbons (Fsp3) is 0.389. The summed E-state index contributed by atoms with van der Waals surface area (Å²) in [4.78, 5) is 22.4. The summed E-state index contributed by atoms with van der Waals surface area (Å²) in [5.74, 6) is 0.597. The minimum Gasteiger partial charge on any atom is -0.338 e. The van der Waals surface area contributed by atoms with Gasteiger partial charge in [0.1, 0.15) is 0 Å². The number of benzene rings is 1. The molecule has 1 amide bonds. The SMILES string of the molecule is CC1CCCN(C(=O)c2cnc(Nc3ccc(C(F)(F)F)cc3)nc2)C1. The van der Waals surface area contributed by atoms with Crippen molar-refractivity contribution in [2.45, 2.75) is 25.9 Å². The average Bonchev–Trinajstić information content (AvgIpc) is 2.61. The Morgan fingerprint density at radius 2 is 1.85 bits per heavy atom. The number of alkyl halides is 3. The molecule has 138 valence electrons. The van der Waals surface area contributed by atoms with Crippen molar-refractivity contribution in [3.8, 4) is 0 Å². The third-order valence-electron chi connectivity index (χ3n) is 4.31. The highest BCUT2D eigenvalue weighted by Gasteiger charge is 2.30. The summed E-state index contributed by atoms with van der Waals surface area (Å²) in [5.41, 5.74) is 0.111. The number of nitrogens with zero attached hydrogens (tertiary/aromatic N) is 3. The highest BCUT2D eigenvalue weighted by molar-refractivity contribution is 5.93. The van der Waals surface area contributed by atoms with Gasteiger partial charge in [0.05, 0.1) is 11.1 Å². The van der Waals surface area contributed by atoms with Gasteiger partial charge in [-0.05, 0) is 43.0 Å². The highest BCUT2D eigenvalue weighted by atomic mass is 19.4. The van der Waals surface area contributed by atoms with Crippen LogP contribution in [0, 0.1) is 5.92 Å². The summed E-state index contributed by atoms with van der Waals surface area (Å²) < 4.78 is 37.7. The molecule has 0 aliphatic carbocycles. The Labute approximate surface area is 149 Å². The summed E-state index contributed by atoms with van der Waals surface area (Å²) >= 11 is 0. The molecule has 1 aromatic carbocycles. The zero-order valence-electron chi connectivity index (χ0n) is 14.3. The predicted octanol–water partition coefficient (Wildman–Crippen LogP) is 4.11. The van der Waals surface area contributed by atoms with Gasteiger partial charge in [0.25, 0.3) is 5.91 Å². The third-order valence-corrected chi connectivity index (χ3v) is 4.31. The van der Waals surface area contributed by atoms with Crippen LogP contribution >= 0.6 is 0 Å². The Hall–Kier alpha value is -2.64. The van der Waals surface area contributed by atoms with Crippen LogP contribution in [0.4, 0.5) is 24.8 Å². The van der Waals surface area contributed by atoms with Crippen molar-refractivity contribution in [2.75, 3.05) is 18.4 Å². The minimum atomic E-state index is -4.37. The van der Waals surface area contributed by atoms with E-state index in [1.165, 1.54) is 24.5 Å². The average molecular weight is 364 g/mol. The lowest BCUT2D eigenvalue weighted by atomic mass is 10.00. The van der Waals surface area contributed by atoms with Crippen molar-refractivity contribution in [3.63, 3.8) is 0 Å². The van der Waals surface area contributed by atoms with Crippen LogP contribution in [0.15, 0.2) is 36.7 Å². The molecule has 8 heteroatoms. The molecule has 0 spiro atoms. The first kappa shape index (κ1) is 18.2. The smallest absolute Gasteiger partial charge is 0.338 e. The highest BCUT2D eigenvalue weighted by Crippen LogP contribution is 2.30. The molecule has 2 aromatic rings. The lowest BCUT2D eigenvalue weighted by Gasteiger charge is -2.30. The van der Waals surface area contributed by atoms with Gasteiger partial charge in [-0.15, -0.1) is 0 Å². The monoisotopic (exact) mass is 364 g/mol. The van der Waals surface area contributed by atoms with E-state index in [4.69, 9.17) is 0 Å². The van der Waals surface area contributed by atoms with E-state index in [0.29, 0.717) is 17.2 Å². The van der Waals surface area contributed by atoms with Crippen LogP contribution in [-0.4, -0.2) is 33.9 Å². The first-order chi connectivity index (χ1) is 12.3. The number of carbonyl (C=O) groups excluding carboxylic acids is 1. The number of amides is 1. The summed E-state index contributed by atoms with van der Waals surface area (Å²) in [7, 11) is 0. The maximum absolute atomic E-state index is 12.6. The fourth-order valence-electron chi connectivity index (χ4n) is 2.93.